The standard InChI is InChI=1S/C24H21BrN2O4S/c1-4-31-23(29)20-14(2)27-22(28)19(13-15-5-11-18(30-3)12-6-15)32-24(27)26-21(20)16-7-9-17(25)10-8-16/h5-13,21H,4H2,1-3H3/b19-13-/t21-/m0/s1. The number of ether oxygens (including phenoxy) is 2. The predicted molar refractivity (Wildman–Crippen MR) is 128 cm³/mol. The van der Waals surface area contributed by atoms with E-state index in [0.29, 0.717) is 20.6 Å². The van der Waals surface area contributed by atoms with Gasteiger partial charge in [-0.2, -0.15) is 0 Å². The number of hydrogen-bond donors (Lipinski definition) is 0. The van der Waals surface area contributed by atoms with Gasteiger partial charge < -0.3 is 9.47 Å². The Morgan fingerprint density at radius 1 is 1.19 bits per heavy atom. The van der Waals surface area contributed by atoms with E-state index < -0.39 is 12.0 Å². The third-order valence-corrected chi connectivity index (χ3v) is 6.65. The van der Waals surface area contributed by atoms with Gasteiger partial charge in [-0.1, -0.05) is 51.5 Å². The molecule has 2 heterocycles. The summed E-state index contributed by atoms with van der Waals surface area (Å²) in [5.41, 5.74) is 2.43. The fourth-order valence-corrected chi connectivity index (χ4v) is 4.86. The van der Waals surface area contributed by atoms with E-state index in [9.17, 15) is 9.59 Å². The molecule has 4 rings (SSSR count). The normalized spacial score (nSPS) is 15.9. The lowest BCUT2D eigenvalue weighted by Gasteiger charge is -2.22. The van der Waals surface area contributed by atoms with Gasteiger partial charge in [0.2, 0.25) is 0 Å². The molecule has 1 aliphatic heterocycles. The van der Waals surface area contributed by atoms with Crippen LogP contribution in [-0.2, 0) is 9.53 Å². The van der Waals surface area contributed by atoms with E-state index in [2.05, 4.69) is 15.9 Å². The number of carbonyl (C=O) groups excluding carboxylic acids is 1. The fourth-order valence-electron chi connectivity index (χ4n) is 3.56. The molecule has 8 heteroatoms. The number of esters is 1. The molecular formula is C24H21BrN2O4S. The van der Waals surface area contributed by atoms with Crippen LogP contribution in [0.1, 0.15) is 31.0 Å². The highest BCUT2D eigenvalue weighted by molar-refractivity contribution is 9.10. The van der Waals surface area contributed by atoms with Crippen molar-refractivity contribution in [3.8, 4) is 5.75 Å². The summed E-state index contributed by atoms with van der Waals surface area (Å²) in [4.78, 5) is 31.4. The van der Waals surface area contributed by atoms with Crippen LogP contribution in [0.2, 0.25) is 0 Å². The number of methoxy groups -OCH3 is 1. The second-order valence-corrected chi connectivity index (χ2v) is 9.03. The molecule has 1 aliphatic rings. The van der Waals surface area contributed by atoms with Crippen molar-refractivity contribution in [1.29, 1.82) is 0 Å². The minimum atomic E-state index is -0.547. The first kappa shape index (κ1) is 22.2. The van der Waals surface area contributed by atoms with Crippen molar-refractivity contribution in [2.24, 2.45) is 4.99 Å². The highest BCUT2D eigenvalue weighted by Gasteiger charge is 2.31. The minimum absolute atomic E-state index is 0.210. The SMILES string of the molecule is CCOC(=O)C1=C(C)n2c(s/c(=C\c3ccc(OC)cc3)c2=O)=N[C@H]1c1ccc(Br)cc1. The van der Waals surface area contributed by atoms with E-state index in [0.717, 1.165) is 21.3 Å². The summed E-state index contributed by atoms with van der Waals surface area (Å²) >= 11 is 4.74. The average Bonchev–Trinajstić information content (AvgIpc) is 3.10. The van der Waals surface area contributed by atoms with Gasteiger partial charge in [-0.05, 0) is 55.3 Å². The monoisotopic (exact) mass is 512 g/mol. The number of fused-ring (bicyclic) bond motifs is 1. The lowest BCUT2D eigenvalue weighted by Crippen LogP contribution is -2.35. The van der Waals surface area contributed by atoms with Gasteiger partial charge in [-0.15, -0.1) is 0 Å². The van der Waals surface area contributed by atoms with Crippen LogP contribution in [0.5, 0.6) is 5.75 Å². The number of thiazole rings is 1. The molecule has 32 heavy (non-hydrogen) atoms. The van der Waals surface area contributed by atoms with Gasteiger partial charge in [0, 0.05) is 10.2 Å². The summed E-state index contributed by atoms with van der Waals surface area (Å²) in [6.45, 7) is 3.76. The van der Waals surface area contributed by atoms with Gasteiger partial charge in [0.05, 0.1) is 23.8 Å². The molecule has 1 atom stereocenters. The molecule has 0 fully saturated rings. The molecule has 0 bridgehead atoms. The molecule has 0 radical (unpaired) electrons. The van der Waals surface area contributed by atoms with Crippen LogP contribution in [0.4, 0.5) is 0 Å². The molecule has 0 saturated heterocycles. The van der Waals surface area contributed by atoms with Crippen LogP contribution in [0.25, 0.3) is 11.8 Å². The first-order valence-corrected chi connectivity index (χ1v) is 11.6. The summed E-state index contributed by atoms with van der Waals surface area (Å²) in [5.74, 6) is 0.278. The number of halogens is 1. The Kier molecular flexibility index (Phi) is 6.43. The van der Waals surface area contributed by atoms with Gasteiger partial charge in [0.25, 0.3) is 5.56 Å². The second-order valence-electron chi connectivity index (χ2n) is 7.11. The van der Waals surface area contributed by atoms with E-state index in [1.807, 2.05) is 54.6 Å². The lowest BCUT2D eigenvalue weighted by atomic mass is 9.97. The van der Waals surface area contributed by atoms with Crippen molar-refractivity contribution in [3.63, 3.8) is 0 Å². The molecular weight excluding hydrogens is 492 g/mol. The number of allylic oxidation sites excluding steroid dienone is 1. The molecule has 2 aromatic carbocycles. The van der Waals surface area contributed by atoms with Crippen LogP contribution in [0.3, 0.4) is 0 Å². The zero-order valence-electron chi connectivity index (χ0n) is 17.8. The highest BCUT2D eigenvalue weighted by Crippen LogP contribution is 2.32. The molecule has 0 N–H and O–H groups in total. The van der Waals surface area contributed by atoms with Crippen molar-refractivity contribution >= 4 is 45.0 Å². The third kappa shape index (κ3) is 4.20. The summed E-state index contributed by atoms with van der Waals surface area (Å²) < 4.78 is 13.5. The Morgan fingerprint density at radius 2 is 1.88 bits per heavy atom. The van der Waals surface area contributed by atoms with Crippen LogP contribution in [-0.4, -0.2) is 24.3 Å². The Balaban J connectivity index is 1.90. The van der Waals surface area contributed by atoms with Crippen LogP contribution in [0.15, 0.2) is 68.4 Å². The number of carbonyl (C=O) groups is 1. The van der Waals surface area contributed by atoms with E-state index in [1.54, 1.807) is 21.0 Å². The smallest absolute Gasteiger partial charge is 0.338 e. The number of hydrogen-bond acceptors (Lipinski definition) is 6. The maximum absolute atomic E-state index is 13.2. The number of benzene rings is 2. The van der Waals surface area contributed by atoms with E-state index in [4.69, 9.17) is 14.5 Å². The first-order valence-electron chi connectivity index (χ1n) is 10.0. The summed E-state index contributed by atoms with van der Waals surface area (Å²) in [7, 11) is 1.61. The minimum Gasteiger partial charge on any atom is -0.497 e. The van der Waals surface area contributed by atoms with Crippen molar-refractivity contribution in [2.45, 2.75) is 19.9 Å². The summed E-state index contributed by atoms with van der Waals surface area (Å²) in [5, 5.41) is 0. The van der Waals surface area contributed by atoms with Crippen molar-refractivity contribution in [2.75, 3.05) is 13.7 Å². The number of aromatic nitrogens is 1. The fraction of sp³-hybridized carbons (Fsp3) is 0.208. The Hall–Kier alpha value is -2.97. The highest BCUT2D eigenvalue weighted by atomic mass is 79.9. The van der Waals surface area contributed by atoms with Gasteiger partial charge in [-0.25, -0.2) is 9.79 Å². The molecule has 0 unspecified atom stereocenters. The largest absolute Gasteiger partial charge is 0.497 e. The zero-order valence-corrected chi connectivity index (χ0v) is 20.2. The Labute approximate surface area is 197 Å². The maximum atomic E-state index is 13.2. The molecule has 3 aromatic rings. The molecule has 1 aromatic heterocycles. The molecule has 6 nitrogen and oxygen atoms in total. The molecule has 0 saturated carbocycles. The average molecular weight is 513 g/mol. The van der Waals surface area contributed by atoms with Gasteiger partial charge in [0.1, 0.15) is 11.8 Å². The molecule has 0 spiro atoms. The quantitative estimate of drug-likeness (QED) is 0.489. The van der Waals surface area contributed by atoms with Crippen molar-refractivity contribution < 1.29 is 14.3 Å². The van der Waals surface area contributed by atoms with E-state index >= 15 is 0 Å². The second kappa shape index (κ2) is 9.26. The maximum Gasteiger partial charge on any atom is 0.338 e. The topological polar surface area (TPSA) is 69.9 Å². The summed E-state index contributed by atoms with van der Waals surface area (Å²) in [6.07, 6.45) is 1.82. The van der Waals surface area contributed by atoms with Crippen molar-refractivity contribution in [1.82, 2.24) is 4.57 Å². The molecule has 0 amide bonds. The van der Waals surface area contributed by atoms with Crippen molar-refractivity contribution in [3.05, 3.63) is 89.4 Å². The van der Waals surface area contributed by atoms with Gasteiger partial charge in [0.15, 0.2) is 4.80 Å². The van der Waals surface area contributed by atoms with Crippen LogP contribution in [0, 0.1) is 0 Å². The van der Waals surface area contributed by atoms with Crippen LogP contribution >= 0.6 is 27.3 Å². The number of rotatable bonds is 5. The van der Waals surface area contributed by atoms with Gasteiger partial charge in [-0.3, -0.25) is 9.36 Å². The van der Waals surface area contributed by atoms with E-state index in [-0.39, 0.29) is 12.2 Å². The predicted octanol–water partition coefficient (Wildman–Crippen LogP) is 3.68. The first-order chi connectivity index (χ1) is 15.4. The summed E-state index contributed by atoms with van der Waals surface area (Å²) in [6, 6.07) is 14.5. The lowest BCUT2D eigenvalue weighted by molar-refractivity contribution is -0.138. The van der Waals surface area contributed by atoms with Gasteiger partial charge >= 0.3 is 5.97 Å². The Bertz CT molecular complexity index is 1370. The van der Waals surface area contributed by atoms with Crippen LogP contribution < -0.4 is 19.6 Å². The third-order valence-electron chi connectivity index (χ3n) is 5.14. The molecule has 164 valence electrons. The number of nitrogens with zero attached hydrogens (tertiary/aromatic N) is 2. The van der Waals surface area contributed by atoms with E-state index in [1.165, 1.54) is 15.9 Å². The zero-order chi connectivity index (χ0) is 22.8. The Morgan fingerprint density at radius 3 is 2.50 bits per heavy atom. The molecule has 0 aliphatic carbocycles.